The fourth-order valence-electron chi connectivity index (χ4n) is 4.49. The predicted molar refractivity (Wildman–Crippen MR) is 73.4 cm³/mol. The van der Waals surface area contributed by atoms with Crippen LogP contribution < -0.4 is 4.74 Å². The van der Waals surface area contributed by atoms with E-state index in [1.807, 2.05) is 6.07 Å². The molecule has 0 aromatic heterocycles. The molecule has 3 atom stereocenters. The van der Waals surface area contributed by atoms with E-state index >= 15 is 0 Å². The Bertz CT molecular complexity index is 587. The summed E-state index contributed by atoms with van der Waals surface area (Å²) in [6, 6.07) is 6.24. The van der Waals surface area contributed by atoms with E-state index in [-0.39, 0.29) is 5.41 Å². The zero-order chi connectivity index (χ0) is 13.0. The van der Waals surface area contributed by atoms with E-state index in [0.717, 1.165) is 18.6 Å². The van der Waals surface area contributed by atoms with E-state index in [0.29, 0.717) is 24.0 Å². The van der Waals surface area contributed by atoms with Crippen LogP contribution in [0, 0.1) is 11.8 Å². The number of carbonyl (C=O) groups excluding carboxylic acids is 1. The van der Waals surface area contributed by atoms with E-state index in [9.17, 15) is 4.79 Å². The smallest absolute Gasteiger partial charge is 0.138 e. The maximum Gasteiger partial charge on any atom is 0.138 e. The van der Waals surface area contributed by atoms with Crippen molar-refractivity contribution in [2.75, 3.05) is 7.11 Å². The van der Waals surface area contributed by atoms with Crippen molar-refractivity contribution < 1.29 is 9.53 Å². The molecule has 1 spiro atoms. The van der Waals surface area contributed by atoms with Gasteiger partial charge in [0.2, 0.25) is 0 Å². The molecule has 3 unspecified atom stereocenters. The molecule has 2 nitrogen and oxygen atoms in total. The summed E-state index contributed by atoms with van der Waals surface area (Å²) in [5.41, 5.74) is 2.67. The third-order valence-corrected chi connectivity index (χ3v) is 5.26. The largest absolute Gasteiger partial charge is 0.497 e. The second-order valence-corrected chi connectivity index (χ2v) is 6.26. The van der Waals surface area contributed by atoms with Gasteiger partial charge in [0.1, 0.15) is 11.5 Å². The minimum absolute atomic E-state index is 0.0681. The van der Waals surface area contributed by atoms with Gasteiger partial charge < -0.3 is 4.74 Å². The number of hydrogen-bond donors (Lipinski definition) is 0. The van der Waals surface area contributed by atoms with Gasteiger partial charge in [0.15, 0.2) is 0 Å². The van der Waals surface area contributed by atoms with Crippen molar-refractivity contribution in [2.45, 2.75) is 31.1 Å². The van der Waals surface area contributed by atoms with Crippen LogP contribution >= 0.6 is 0 Å². The summed E-state index contributed by atoms with van der Waals surface area (Å²) in [6.45, 7) is 0. The SMILES string of the molecule is COc1ccc2c(c1)C1(CC(=O)C2)CC2C=CC1C2. The maximum absolute atomic E-state index is 12.2. The quantitative estimate of drug-likeness (QED) is 0.720. The number of carbonyl (C=O) groups is 1. The summed E-state index contributed by atoms with van der Waals surface area (Å²) in [5, 5.41) is 0. The Labute approximate surface area is 113 Å². The fraction of sp³-hybridized carbons (Fsp3) is 0.471. The van der Waals surface area contributed by atoms with Gasteiger partial charge in [-0.3, -0.25) is 4.79 Å². The van der Waals surface area contributed by atoms with Crippen LogP contribution in [0.25, 0.3) is 0 Å². The van der Waals surface area contributed by atoms with Gasteiger partial charge in [-0.25, -0.2) is 0 Å². The number of hydrogen-bond acceptors (Lipinski definition) is 2. The summed E-state index contributed by atoms with van der Waals surface area (Å²) in [7, 11) is 1.71. The summed E-state index contributed by atoms with van der Waals surface area (Å²) in [6.07, 6.45) is 8.37. The first-order valence-electron chi connectivity index (χ1n) is 7.09. The van der Waals surface area contributed by atoms with Crippen LogP contribution in [0.4, 0.5) is 0 Å². The van der Waals surface area contributed by atoms with Crippen molar-refractivity contribution in [3.05, 3.63) is 41.5 Å². The average molecular weight is 254 g/mol. The molecule has 2 bridgehead atoms. The van der Waals surface area contributed by atoms with Crippen molar-refractivity contribution >= 4 is 5.78 Å². The van der Waals surface area contributed by atoms with Crippen LogP contribution in [-0.2, 0) is 16.6 Å². The number of allylic oxidation sites excluding steroid dienone is 2. The standard InChI is InChI=1S/C17H18O2/c1-19-15-5-3-12-7-14(18)10-17(16(12)8-15)9-11-2-4-13(17)6-11/h2-5,8,11,13H,6-7,9-10H2,1H3. The minimum Gasteiger partial charge on any atom is -0.497 e. The normalized spacial score (nSPS) is 34.9. The third kappa shape index (κ3) is 1.46. The molecule has 3 aliphatic rings. The molecule has 19 heavy (non-hydrogen) atoms. The molecule has 4 rings (SSSR count). The number of fused-ring (bicyclic) bond motifs is 5. The first-order valence-corrected chi connectivity index (χ1v) is 7.09. The first kappa shape index (κ1) is 11.3. The van der Waals surface area contributed by atoms with Gasteiger partial charge in [-0.15, -0.1) is 0 Å². The lowest BCUT2D eigenvalue weighted by Gasteiger charge is -2.40. The average Bonchev–Trinajstić information content (AvgIpc) is 2.99. The van der Waals surface area contributed by atoms with Gasteiger partial charge in [0, 0.05) is 18.3 Å². The van der Waals surface area contributed by atoms with Crippen molar-refractivity contribution in [3.63, 3.8) is 0 Å². The number of ketones is 1. The molecule has 0 heterocycles. The monoisotopic (exact) mass is 254 g/mol. The van der Waals surface area contributed by atoms with Crippen molar-refractivity contribution in [2.24, 2.45) is 11.8 Å². The molecule has 3 aliphatic carbocycles. The van der Waals surface area contributed by atoms with E-state index in [1.165, 1.54) is 17.5 Å². The molecule has 2 heteroatoms. The highest BCUT2D eigenvalue weighted by molar-refractivity contribution is 5.85. The Morgan fingerprint density at radius 3 is 2.89 bits per heavy atom. The van der Waals surface area contributed by atoms with E-state index in [4.69, 9.17) is 4.74 Å². The van der Waals surface area contributed by atoms with Crippen LogP contribution in [0.2, 0.25) is 0 Å². The lowest BCUT2D eigenvalue weighted by molar-refractivity contribution is -0.120. The third-order valence-electron chi connectivity index (χ3n) is 5.26. The molecular weight excluding hydrogens is 236 g/mol. The zero-order valence-electron chi connectivity index (χ0n) is 11.2. The molecule has 0 amide bonds. The predicted octanol–water partition coefficient (Wildman–Crippen LogP) is 3.04. The Morgan fingerprint density at radius 2 is 2.21 bits per heavy atom. The topological polar surface area (TPSA) is 26.3 Å². The summed E-state index contributed by atoms with van der Waals surface area (Å²) in [5.74, 6) is 2.54. The second kappa shape index (κ2) is 3.72. The number of rotatable bonds is 1. The van der Waals surface area contributed by atoms with E-state index in [2.05, 4.69) is 24.3 Å². The number of methoxy groups -OCH3 is 1. The molecule has 0 N–H and O–H groups in total. The molecule has 1 aromatic carbocycles. The van der Waals surface area contributed by atoms with Gasteiger partial charge in [-0.1, -0.05) is 18.2 Å². The Balaban J connectivity index is 1.90. The molecule has 0 radical (unpaired) electrons. The lowest BCUT2D eigenvalue weighted by atomic mass is 9.62. The number of benzene rings is 1. The summed E-state index contributed by atoms with van der Waals surface area (Å²) < 4.78 is 5.39. The Kier molecular flexibility index (Phi) is 2.21. The molecule has 0 saturated heterocycles. The highest BCUT2D eigenvalue weighted by Crippen LogP contribution is 2.57. The van der Waals surface area contributed by atoms with Crippen LogP contribution in [0.1, 0.15) is 30.4 Å². The molecule has 1 saturated carbocycles. The van der Waals surface area contributed by atoms with Crippen molar-refractivity contribution in [3.8, 4) is 5.75 Å². The molecule has 1 aromatic rings. The Hall–Kier alpha value is -1.57. The maximum atomic E-state index is 12.2. The van der Waals surface area contributed by atoms with Crippen LogP contribution in [0.3, 0.4) is 0 Å². The van der Waals surface area contributed by atoms with Crippen LogP contribution in [0.5, 0.6) is 5.75 Å². The second-order valence-electron chi connectivity index (χ2n) is 6.26. The van der Waals surface area contributed by atoms with Gasteiger partial charge in [-0.2, -0.15) is 0 Å². The lowest BCUT2D eigenvalue weighted by Crippen LogP contribution is -2.38. The van der Waals surface area contributed by atoms with E-state index < -0.39 is 0 Å². The highest BCUT2D eigenvalue weighted by Gasteiger charge is 2.52. The van der Waals surface area contributed by atoms with Gasteiger partial charge in [-0.05, 0) is 47.9 Å². The van der Waals surface area contributed by atoms with Gasteiger partial charge in [0.25, 0.3) is 0 Å². The minimum atomic E-state index is 0.0681. The molecule has 1 fully saturated rings. The Morgan fingerprint density at radius 1 is 1.32 bits per heavy atom. The highest BCUT2D eigenvalue weighted by atomic mass is 16.5. The van der Waals surface area contributed by atoms with Gasteiger partial charge >= 0.3 is 0 Å². The number of Topliss-reactive ketones (excluding diaryl/α,β-unsaturated/α-hetero) is 1. The van der Waals surface area contributed by atoms with Crippen molar-refractivity contribution in [1.29, 1.82) is 0 Å². The fourth-order valence-corrected chi connectivity index (χ4v) is 4.49. The first-order chi connectivity index (χ1) is 9.21. The van der Waals surface area contributed by atoms with Gasteiger partial charge in [0.05, 0.1) is 7.11 Å². The molecule has 98 valence electrons. The van der Waals surface area contributed by atoms with E-state index in [1.54, 1.807) is 7.11 Å². The zero-order valence-corrected chi connectivity index (χ0v) is 11.2. The van der Waals surface area contributed by atoms with Crippen molar-refractivity contribution in [1.82, 2.24) is 0 Å². The molecule has 0 aliphatic heterocycles. The summed E-state index contributed by atoms with van der Waals surface area (Å²) in [4.78, 5) is 12.2. The summed E-state index contributed by atoms with van der Waals surface area (Å²) >= 11 is 0. The van der Waals surface area contributed by atoms with Crippen LogP contribution in [0.15, 0.2) is 30.4 Å². The molecular formula is C17H18O2. The van der Waals surface area contributed by atoms with Crippen LogP contribution in [-0.4, -0.2) is 12.9 Å². The number of ether oxygens (including phenoxy) is 1.